The van der Waals surface area contributed by atoms with Crippen molar-refractivity contribution in [2.75, 3.05) is 39.3 Å². The first-order chi connectivity index (χ1) is 12.3. The third-order valence-electron chi connectivity index (χ3n) is 6.30. The van der Waals surface area contributed by atoms with Crippen LogP contribution in [0.3, 0.4) is 0 Å². The molecular weight excluding hydrogens is 312 g/mol. The number of benzene rings is 1. The Hall–Kier alpha value is -1.10. The van der Waals surface area contributed by atoms with E-state index >= 15 is 0 Å². The van der Waals surface area contributed by atoms with Gasteiger partial charge in [-0.2, -0.15) is 0 Å². The van der Waals surface area contributed by atoms with Gasteiger partial charge in [-0.3, -0.25) is 4.90 Å². The summed E-state index contributed by atoms with van der Waals surface area (Å²) in [5, 5.41) is 9.85. The molecule has 2 heterocycles. The molecule has 0 spiro atoms. The molecule has 0 aromatic heterocycles. The summed E-state index contributed by atoms with van der Waals surface area (Å²) in [6.07, 6.45) is 6.16. The Morgan fingerprint density at radius 1 is 1.04 bits per heavy atom. The molecule has 138 valence electrons. The highest BCUT2D eigenvalue weighted by Crippen LogP contribution is 2.41. The maximum absolute atomic E-state index is 9.85. The largest absolute Gasteiger partial charge is 0.493 e. The zero-order valence-corrected chi connectivity index (χ0v) is 15.3. The number of likely N-dealkylation sites (tertiary alicyclic amines) is 2. The minimum Gasteiger partial charge on any atom is -0.493 e. The van der Waals surface area contributed by atoms with Crippen LogP contribution in [0.15, 0.2) is 24.3 Å². The molecule has 1 N–H and O–H groups in total. The van der Waals surface area contributed by atoms with Crippen LogP contribution in [0.25, 0.3) is 0 Å². The van der Waals surface area contributed by atoms with Crippen molar-refractivity contribution in [3.05, 3.63) is 29.8 Å². The number of piperidine rings is 1. The molecule has 1 saturated carbocycles. The molecule has 3 fully saturated rings. The topological polar surface area (TPSA) is 35.9 Å². The minimum atomic E-state index is -0.0590. The highest BCUT2D eigenvalue weighted by Gasteiger charge is 2.46. The average molecular weight is 344 g/mol. The van der Waals surface area contributed by atoms with Crippen molar-refractivity contribution in [1.82, 2.24) is 9.80 Å². The van der Waals surface area contributed by atoms with Gasteiger partial charge in [-0.1, -0.05) is 24.6 Å². The Bertz CT molecular complexity index is 559. The molecule has 4 heteroatoms. The van der Waals surface area contributed by atoms with Gasteiger partial charge in [0.25, 0.3) is 0 Å². The molecule has 3 aliphatic rings. The van der Waals surface area contributed by atoms with Gasteiger partial charge >= 0.3 is 0 Å². The van der Waals surface area contributed by atoms with E-state index in [9.17, 15) is 5.11 Å². The van der Waals surface area contributed by atoms with E-state index in [2.05, 4.69) is 34.1 Å². The lowest BCUT2D eigenvalue weighted by atomic mass is 9.74. The molecule has 0 unspecified atom stereocenters. The fourth-order valence-electron chi connectivity index (χ4n) is 4.76. The molecule has 2 saturated heterocycles. The predicted octanol–water partition coefficient (Wildman–Crippen LogP) is 2.75. The summed E-state index contributed by atoms with van der Waals surface area (Å²) in [4.78, 5) is 5.06. The lowest BCUT2D eigenvalue weighted by molar-refractivity contribution is -0.00435. The van der Waals surface area contributed by atoms with Crippen LogP contribution in [0.1, 0.15) is 37.7 Å². The van der Waals surface area contributed by atoms with E-state index in [1.165, 1.54) is 37.9 Å². The maximum atomic E-state index is 9.85. The number of para-hydroxylation sites is 1. The second kappa shape index (κ2) is 8.07. The summed E-state index contributed by atoms with van der Waals surface area (Å²) >= 11 is 0. The molecule has 0 bridgehead atoms. The van der Waals surface area contributed by atoms with Gasteiger partial charge in [-0.15, -0.1) is 0 Å². The maximum Gasteiger partial charge on any atom is 0.123 e. The SMILES string of the molecule is O[C@@H]1C[C@@H]2CN(Cc3ccccc3OCCCN3CCCCC3)C[C@@H]21. The molecule has 0 amide bonds. The van der Waals surface area contributed by atoms with Crippen LogP contribution in [0.2, 0.25) is 0 Å². The number of hydrogen-bond acceptors (Lipinski definition) is 4. The summed E-state index contributed by atoms with van der Waals surface area (Å²) in [7, 11) is 0. The van der Waals surface area contributed by atoms with Crippen LogP contribution in [0, 0.1) is 11.8 Å². The van der Waals surface area contributed by atoms with E-state index in [-0.39, 0.29) is 6.10 Å². The van der Waals surface area contributed by atoms with Crippen molar-refractivity contribution in [2.45, 2.75) is 44.8 Å². The standard InChI is InChI=1S/C21H32N2O2/c24-20-13-18-15-23(16-19(18)20)14-17-7-2-3-8-21(17)25-12-6-11-22-9-4-1-5-10-22/h2-3,7-8,18-20,24H,1,4-6,9-16H2/t18-,19+,20-/m1/s1. The molecular formula is C21H32N2O2. The quantitative estimate of drug-likeness (QED) is 0.772. The van der Waals surface area contributed by atoms with E-state index < -0.39 is 0 Å². The van der Waals surface area contributed by atoms with Crippen molar-refractivity contribution in [3.63, 3.8) is 0 Å². The van der Waals surface area contributed by atoms with Crippen LogP contribution in [-0.4, -0.2) is 60.3 Å². The van der Waals surface area contributed by atoms with Gasteiger partial charge in [0.15, 0.2) is 0 Å². The summed E-state index contributed by atoms with van der Waals surface area (Å²) in [5.74, 6) is 2.27. The van der Waals surface area contributed by atoms with Crippen molar-refractivity contribution in [2.24, 2.45) is 11.8 Å². The molecule has 3 atom stereocenters. The number of rotatable bonds is 7. The molecule has 25 heavy (non-hydrogen) atoms. The van der Waals surface area contributed by atoms with E-state index in [0.717, 1.165) is 51.4 Å². The normalized spacial score (nSPS) is 30.0. The third-order valence-corrected chi connectivity index (χ3v) is 6.30. The Kier molecular flexibility index (Phi) is 5.59. The average Bonchev–Trinajstić information content (AvgIpc) is 2.97. The van der Waals surface area contributed by atoms with Gasteiger partial charge in [0.1, 0.15) is 5.75 Å². The fraction of sp³-hybridized carbons (Fsp3) is 0.714. The first-order valence-electron chi connectivity index (χ1n) is 10.1. The number of nitrogens with zero attached hydrogens (tertiary/aromatic N) is 2. The highest BCUT2D eigenvalue weighted by atomic mass is 16.5. The lowest BCUT2D eigenvalue weighted by Gasteiger charge is -2.35. The van der Waals surface area contributed by atoms with Gasteiger partial charge in [-0.25, -0.2) is 0 Å². The van der Waals surface area contributed by atoms with Gasteiger partial charge < -0.3 is 14.7 Å². The van der Waals surface area contributed by atoms with E-state index in [0.29, 0.717) is 11.8 Å². The van der Waals surface area contributed by atoms with E-state index in [1.807, 2.05) is 0 Å². The number of fused-ring (bicyclic) bond motifs is 1. The van der Waals surface area contributed by atoms with Crippen LogP contribution in [-0.2, 0) is 6.54 Å². The number of aliphatic hydroxyl groups excluding tert-OH is 1. The van der Waals surface area contributed by atoms with Gasteiger partial charge in [-0.05, 0) is 50.8 Å². The van der Waals surface area contributed by atoms with Crippen molar-refractivity contribution < 1.29 is 9.84 Å². The van der Waals surface area contributed by atoms with Gasteiger partial charge in [0.05, 0.1) is 12.7 Å². The zero-order chi connectivity index (χ0) is 17.1. The molecule has 1 aromatic rings. The first kappa shape index (κ1) is 17.3. The van der Waals surface area contributed by atoms with Crippen LogP contribution in [0.5, 0.6) is 5.75 Å². The predicted molar refractivity (Wildman–Crippen MR) is 99.7 cm³/mol. The number of aliphatic hydroxyl groups is 1. The summed E-state index contributed by atoms with van der Waals surface area (Å²) in [5.41, 5.74) is 1.29. The summed E-state index contributed by atoms with van der Waals surface area (Å²) < 4.78 is 6.13. The fourth-order valence-corrected chi connectivity index (χ4v) is 4.76. The van der Waals surface area contributed by atoms with Gasteiger partial charge in [0.2, 0.25) is 0 Å². The Balaban J connectivity index is 1.24. The Morgan fingerprint density at radius 3 is 2.68 bits per heavy atom. The zero-order valence-electron chi connectivity index (χ0n) is 15.3. The monoisotopic (exact) mass is 344 g/mol. The van der Waals surface area contributed by atoms with Crippen molar-refractivity contribution >= 4 is 0 Å². The summed E-state index contributed by atoms with van der Waals surface area (Å²) in [6, 6.07) is 8.47. The molecule has 2 aliphatic heterocycles. The Labute approximate surface area is 151 Å². The lowest BCUT2D eigenvalue weighted by Crippen LogP contribution is -2.39. The molecule has 1 aliphatic carbocycles. The van der Waals surface area contributed by atoms with E-state index in [1.54, 1.807) is 0 Å². The van der Waals surface area contributed by atoms with Crippen LogP contribution >= 0.6 is 0 Å². The van der Waals surface area contributed by atoms with Crippen LogP contribution < -0.4 is 4.74 Å². The first-order valence-corrected chi connectivity index (χ1v) is 10.1. The van der Waals surface area contributed by atoms with Gasteiger partial charge in [0, 0.05) is 37.7 Å². The third kappa shape index (κ3) is 4.18. The van der Waals surface area contributed by atoms with Crippen LogP contribution in [0.4, 0.5) is 0 Å². The smallest absolute Gasteiger partial charge is 0.123 e. The second-order valence-corrected chi connectivity index (χ2v) is 8.13. The Morgan fingerprint density at radius 2 is 1.88 bits per heavy atom. The number of hydrogen-bond donors (Lipinski definition) is 1. The minimum absolute atomic E-state index is 0.0590. The van der Waals surface area contributed by atoms with E-state index in [4.69, 9.17) is 4.74 Å². The molecule has 4 nitrogen and oxygen atoms in total. The summed E-state index contributed by atoms with van der Waals surface area (Å²) in [6.45, 7) is 7.61. The molecule has 1 aromatic carbocycles. The molecule has 0 radical (unpaired) electrons. The van der Waals surface area contributed by atoms with Crippen molar-refractivity contribution in [3.8, 4) is 5.75 Å². The molecule has 4 rings (SSSR count). The number of ether oxygens (including phenoxy) is 1. The highest BCUT2D eigenvalue weighted by molar-refractivity contribution is 5.33. The second-order valence-electron chi connectivity index (χ2n) is 8.13. The van der Waals surface area contributed by atoms with Crippen molar-refractivity contribution in [1.29, 1.82) is 0 Å².